The molecule has 2 saturated heterocycles. The zero-order valence-corrected chi connectivity index (χ0v) is 13.6. The number of carbonyl (C=O) groups excluding carboxylic acids is 2. The number of hydrogen-bond acceptors (Lipinski definition) is 5. The van der Waals surface area contributed by atoms with Gasteiger partial charge in [-0.3, -0.25) is 9.59 Å². The van der Waals surface area contributed by atoms with Gasteiger partial charge >= 0.3 is 0 Å². The molecule has 1 aliphatic carbocycles. The topological polar surface area (TPSA) is 70.8 Å². The Bertz CT molecular complexity index is 628. The second-order valence-electron chi connectivity index (χ2n) is 6.70. The molecule has 0 radical (unpaired) electrons. The van der Waals surface area contributed by atoms with E-state index in [9.17, 15) is 9.59 Å². The normalized spacial score (nSPS) is 27.7. The van der Waals surface area contributed by atoms with Crippen molar-refractivity contribution in [3.63, 3.8) is 0 Å². The monoisotopic (exact) mass is 328 g/mol. The van der Waals surface area contributed by atoms with E-state index in [1.807, 2.05) is 18.2 Å². The smallest absolute Gasteiger partial charge is 0.237 e. The van der Waals surface area contributed by atoms with E-state index >= 15 is 0 Å². The molecule has 2 fully saturated rings. The van der Waals surface area contributed by atoms with Crippen molar-refractivity contribution in [2.45, 2.75) is 12.8 Å². The summed E-state index contributed by atoms with van der Waals surface area (Å²) < 4.78 is 0. The summed E-state index contributed by atoms with van der Waals surface area (Å²) in [5, 5.41) is 0. The predicted molar refractivity (Wildman–Crippen MR) is 87.0 cm³/mol. The number of imide groups is 1. The fraction of sp³-hybridized carbons (Fsp3) is 0.529. The highest BCUT2D eigenvalue weighted by molar-refractivity contribution is 6.05. The van der Waals surface area contributed by atoms with Gasteiger partial charge in [0.25, 0.3) is 0 Å². The minimum absolute atomic E-state index is 0.0238. The number of carbonyl (C=O) groups is 2. The zero-order chi connectivity index (χ0) is 16.5. The van der Waals surface area contributed by atoms with E-state index in [4.69, 9.17) is 0 Å². The van der Waals surface area contributed by atoms with Crippen LogP contribution in [0.4, 0.5) is 5.95 Å². The van der Waals surface area contributed by atoms with Gasteiger partial charge in [-0.2, -0.15) is 0 Å². The van der Waals surface area contributed by atoms with E-state index in [0.29, 0.717) is 19.5 Å². The van der Waals surface area contributed by atoms with Gasteiger partial charge in [-0.05, 0) is 18.9 Å². The third-order valence-electron chi connectivity index (χ3n) is 5.29. The number of rotatable bonds is 3. The number of nitrogens with zero attached hydrogens (tertiary/aromatic N) is 4. The molecule has 1 aromatic heterocycles. The van der Waals surface area contributed by atoms with Gasteiger partial charge in [-0.15, -0.1) is 0 Å². The van der Waals surface area contributed by atoms with Crippen molar-refractivity contribution in [2.24, 2.45) is 11.8 Å². The first-order valence-electron chi connectivity index (χ1n) is 8.60. The van der Waals surface area contributed by atoms with Gasteiger partial charge < -0.3 is 9.80 Å². The summed E-state index contributed by atoms with van der Waals surface area (Å²) in [4.78, 5) is 38.6. The summed E-state index contributed by atoms with van der Waals surface area (Å²) in [6, 6.07) is 1.81. The van der Waals surface area contributed by atoms with E-state index in [1.165, 1.54) is 9.80 Å². The number of anilines is 1. The van der Waals surface area contributed by atoms with Crippen molar-refractivity contribution in [2.75, 3.05) is 37.7 Å². The van der Waals surface area contributed by atoms with E-state index < -0.39 is 0 Å². The van der Waals surface area contributed by atoms with Crippen LogP contribution in [0.3, 0.4) is 0 Å². The average Bonchev–Trinajstić information content (AvgIpc) is 2.88. The molecule has 24 heavy (non-hydrogen) atoms. The number of allylic oxidation sites excluding steroid dienone is 2. The summed E-state index contributed by atoms with van der Waals surface area (Å²) in [5.74, 6) is 0.551. The predicted octanol–water partition coefficient (Wildman–Crippen LogP) is -0.910. The number of fused-ring (bicyclic) bond motifs is 1. The van der Waals surface area contributed by atoms with Crippen molar-refractivity contribution < 1.29 is 14.5 Å². The lowest BCUT2D eigenvalue weighted by molar-refractivity contribution is -0.908. The molecule has 7 heteroatoms. The quantitative estimate of drug-likeness (QED) is 0.575. The molecule has 0 saturated carbocycles. The van der Waals surface area contributed by atoms with Gasteiger partial charge in [0.1, 0.15) is 0 Å². The molecule has 2 aliphatic heterocycles. The summed E-state index contributed by atoms with van der Waals surface area (Å²) in [7, 11) is 0. The minimum Gasteiger partial charge on any atom is -0.330 e. The molecule has 2 atom stereocenters. The number of quaternary nitrogens is 1. The van der Waals surface area contributed by atoms with E-state index in [-0.39, 0.29) is 23.7 Å². The SMILES string of the molecule is O=C1[C@@H]2CC=CC[C@H]2C(=O)N1C[NH+]1CCN(c2ncccn2)CC1. The van der Waals surface area contributed by atoms with Gasteiger partial charge in [0.2, 0.25) is 17.8 Å². The zero-order valence-electron chi connectivity index (χ0n) is 13.6. The third kappa shape index (κ3) is 2.69. The lowest BCUT2D eigenvalue weighted by atomic mass is 9.85. The highest BCUT2D eigenvalue weighted by Crippen LogP contribution is 2.34. The molecule has 3 aliphatic rings. The molecule has 4 rings (SSSR count). The number of hydrogen-bond donors (Lipinski definition) is 1. The molecule has 1 aromatic rings. The van der Waals surface area contributed by atoms with Crippen molar-refractivity contribution >= 4 is 17.8 Å². The Morgan fingerprint density at radius 1 is 1.00 bits per heavy atom. The lowest BCUT2D eigenvalue weighted by Crippen LogP contribution is -3.16. The molecule has 0 unspecified atom stereocenters. The number of aromatic nitrogens is 2. The highest BCUT2D eigenvalue weighted by Gasteiger charge is 2.48. The molecule has 0 spiro atoms. The number of nitrogens with one attached hydrogen (secondary N) is 1. The van der Waals surface area contributed by atoms with Crippen LogP contribution < -0.4 is 9.80 Å². The highest BCUT2D eigenvalue weighted by atomic mass is 16.2. The van der Waals surface area contributed by atoms with Gasteiger partial charge in [0.15, 0.2) is 6.67 Å². The van der Waals surface area contributed by atoms with Gasteiger partial charge in [-0.1, -0.05) is 12.2 Å². The molecule has 7 nitrogen and oxygen atoms in total. The number of piperazine rings is 1. The average molecular weight is 328 g/mol. The summed E-state index contributed by atoms with van der Waals surface area (Å²) >= 11 is 0. The van der Waals surface area contributed by atoms with Crippen LogP contribution in [0.2, 0.25) is 0 Å². The number of likely N-dealkylation sites (tertiary alicyclic amines) is 1. The standard InChI is InChI=1S/C17H21N5O2/c23-15-13-4-1-2-5-14(13)16(24)22(15)12-20-8-10-21(11-9-20)17-18-6-3-7-19-17/h1-3,6-7,13-14H,4-5,8-12H2/p+1/t13-,14-/m1/s1. The van der Waals surface area contributed by atoms with E-state index in [2.05, 4.69) is 14.9 Å². The van der Waals surface area contributed by atoms with Crippen LogP contribution in [0, 0.1) is 11.8 Å². The molecular formula is C17H22N5O2+. The summed E-state index contributed by atoms with van der Waals surface area (Å²) in [5.41, 5.74) is 0. The fourth-order valence-electron chi connectivity index (χ4n) is 3.88. The minimum atomic E-state index is -0.124. The first-order chi connectivity index (χ1) is 11.7. The van der Waals surface area contributed by atoms with Crippen molar-refractivity contribution in [3.8, 4) is 0 Å². The maximum atomic E-state index is 12.5. The van der Waals surface area contributed by atoms with Crippen LogP contribution in [-0.2, 0) is 9.59 Å². The van der Waals surface area contributed by atoms with Crippen LogP contribution in [0.5, 0.6) is 0 Å². The second kappa shape index (κ2) is 6.32. The largest absolute Gasteiger partial charge is 0.330 e. The van der Waals surface area contributed by atoms with Crippen LogP contribution in [0.15, 0.2) is 30.6 Å². The molecule has 126 valence electrons. The third-order valence-corrected chi connectivity index (χ3v) is 5.29. The van der Waals surface area contributed by atoms with Crippen molar-refractivity contribution in [1.29, 1.82) is 0 Å². The maximum Gasteiger partial charge on any atom is 0.237 e. The van der Waals surface area contributed by atoms with Crippen LogP contribution in [-0.4, -0.2) is 59.5 Å². The Labute approximate surface area is 141 Å². The Hall–Kier alpha value is -2.28. The van der Waals surface area contributed by atoms with Gasteiger partial charge in [0.05, 0.1) is 38.0 Å². The van der Waals surface area contributed by atoms with Crippen LogP contribution in [0.1, 0.15) is 12.8 Å². The van der Waals surface area contributed by atoms with Crippen molar-refractivity contribution in [3.05, 3.63) is 30.6 Å². The van der Waals surface area contributed by atoms with Gasteiger partial charge in [0, 0.05) is 12.4 Å². The van der Waals surface area contributed by atoms with E-state index in [1.54, 1.807) is 12.4 Å². The Balaban J connectivity index is 1.36. The van der Waals surface area contributed by atoms with E-state index in [0.717, 1.165) is 32.1 Å². The summed E-state index contributed by atoms with van der Waals surface area (Å²) in [6.07, 6.45) is 8.97. The molecule has 3 heterocycles. The lowest BCUT2D eigenvalue weighted by Gasteiger charge is -2.33. The Kier molecular flexibility index (Phi) is 4.02. The second-order valence-corrected chi connectivity index (χ2v) is 6.70. The summed E-state index contributed by atoms with van der Waals surface area (Å²) in [6.45, 7) is 3.92. The molecular weight excluding hydrogens is 306 g/mol. The Morgan fingerprint density at radius 2 is 1.58 bits per heavy atom. The molecule has 0 aromatic carbocycles. The van der Waals surface area contributed by atoms with Crippen LogP contribution >= 0.6 is 0 Å². The molecule has 1 N–H and O–H groups in total. The van der Waals surface area contributed by atoms with Crippen LogP contribution in [0.25, 0.3) is 0 Å². The van der Waals surface area contributed by atoms with Crippen molar-refractivity contribution in [1.82, 2.24) is 14.9 Å². The Morgan fingerprint density at radius 3 is 2.17 bits per heavy atom. The fourth-order valence-corrected chi connectivity index (χ4v) is 3.88. The molecule has 2 amide bonds. The first kappa shape index (κ1) is 15.3. The maximum absolute atomic E-state index is 12.5. The molecule has 0 bridgehead atoms. The first-order valence-corrected chi connectivity index (χ1v) is 8.60. The number of amides is 2. The van der Waals surface area contributed by atoms with Gasteiger partial charge in [-0.25, -0.2) is 14.9 Å².